The van der Waals surface area contributed by atoms with Gasteiger partial charge in [-0.15, -0.1) is 0 Å². The summed E-state index contributed by atoms with van der Waals surface area (Å²) in [5.41, 5.74) is 4.29. The van der Waals surface area contributed by atoms with Gasteiger partial charge in [-0.3, -0.25) is 4.21 Å². The van der Waals surface area contributed by atoms with Crippen molar-refractivity contribution in [2.75, 3.05) is 0 Å². The highest BCUT2D eigenvalue weighted by atomic mass is 32.2. The molecule has 0 aromatic heterocycles. The van der Waals surface area contributed by atoms with E-state index in [9.17, 15) is 4.21 Å². The smallest absolute Gasteiger partial charge is 0.0790 e. The molecule has 0 aliphatic heterocycles. The Morgan fingerprint density at radius 3 is 1.12 bits per heavy atom. The van der Waals surface area contributed by atoms with Crippen LogP contribution in [0.15, 0.2) is 133 Å². The van der Waals surface area contributed by atoms with Crippen LogP contribution in [0.1, 0.15) is 32.8 Å². The maximum absolute atomic E-state index is 14.1. The van der Waals surface area contributed by atoms with Crippen molar-refractivity contribution in [3.8, 4) is 0 Å². The summed E-state index contributed by atoms with van der Waals surface area (Å²) in [6, 6.07) is 40.6. The maximum atomic E-state index is 14.1. The minimum atomic E-state index is -1.22. The third kappa shape index (κ3) is 5.81. The molecule has 0 aliphatic rings. The molecule has 0 N–H and O–H groups in total. The lowest BCUT2D eigenvalue weighted by Crippen LogP contribution is -2.12. The van der Waals surface area contributed by atoms with E-state index in [1.165, 1.54) is 0 Å². The van der Waals surface area contributed by atoms with Gasteiger partial charge in [0.05, 0.1) is 10.5 Å². The summed E-state index contributed by atoms with van der Waals surface area (Å²) >= 11 is 0. The van der Waals surface area contributed by atoms with Crippen LogP contribution in [0.4, 0.5) is 0 Å². The highest BCUT2D eigenvalue weighted by Gasteiger charge is 2.24. The molecule has 4 aromatic rings. The van der Waals surface area contributed by atoms with E-state index < -0.39 is 10.8 Å². The molecule has 32 heavy (non-hydrogen) atoms. The van der Waals surface area contributed by atoms with Gasteiger partial charge in [0.25, 0.3) is 0 Å². The van der Waals surface area contributed by atoms with E-state index in [1.807, 2.05) is 72.8 Å². The predicted octanol–water partition coefficient (Wildman–Crippen LogP) is 7.64. The monoisotopic (exact) mass is 434 g/mol. The first-order chi connectivity index (χ1) is 15.8. The van der Waals surface area contributed by atoms with Gasteiger partial charge >= 0.3 is 0 Å². The summed E-state index contributed by atoms with van der Waals surface area (Å²) in [5, 5.41) is -0.468. The first-order valence-electron chi connectivity index (χ1n) is 10.8. The lowest BCUT2D eigenvalue weighted by Gasteiger charge is -2.20. The largest absolute Gasteiger partial charge is 0.258 e. The van der Waals surface area contributed by atoms with Gasteiger partial charge in [-0.1, -0.05) is 146 Å². The summed E-state index contributed by atoms with van der Waals surface area (Å²) in [5.74, 6) is 0. The Balaban J connectivity index is 1.72. The zero-order valence-corrected chi connectivity index (χ0v) is 18.6. The topological polar surface area (TPSA) is 17.1 Å². The summed E-state index contributed by atoms with van der Waals surface area (Å²) in [7, 11) is -1.22. The molecule has 2 heteroatoms. The van der Waals surface area contributed by atoms with E-state index in [1.54, 1.807) is 0 Å². The quantitative estimate of drug-likeness (QED) is 0.278. The number of hydrogen-bond acceptors (Lipinski definition) is 1. The molecule has 0 amide bonds. The Hall–Kier alpha value is -3.49. The van der Waals surface area contributed by atoms with Crippen molar-refractivity contribution >= 4 is 23.0 Å². The first-order valence-corrected chi connectivity index (χ1v) is 12.0. The molecule has 158 valence electrons. The average molecular weight is 435 g/mol. The average Bonchev–Trinajstić information content (AvgIpc) is 2.87. The molecule has 0 saturated carbocycles. The lowest BCUT2D eigenvalue weighted by atomic mass is 10.1. The molecule has 0 aliphatic carbocycles. The highest BCUT2D eigenvalue weighted by Crippen LogP contribution is 2.33. The Bertz CT molecular complexity index is 1070. The molecule has 4 aromatic carbocycles. The Kier molecular flexibility index (Phi) is 7.62. The van der Waals surface area contributed by atoms with Crippen molar-refractivity contribution in [2.45, 2.75) is 10.5 Å². The van der Waals surface area contributed by atoms with Crippen molar-refractivity contribution in [2.24, 2.45) is 0 Å². The van der Waals surface area contributed by atoms with Gasteiger partial charge in [0, 0.05) is 10.8 Å². The fourth-order valence-electron chi connectivity index (χ4n) is 3.61. The van der Waals surface area contributed by atoms with Crippen LogP contribution in [0.2, 0.25) is 0 Å². The standard InChI is InChI=1S/C30H26OS/c31-32(29(27-17-9-3-10-18-27)23-21-25-13-5-1-6-14-25)30(28-19-11-4-12-20-28)24-22-26-15-7-2-8-16-26/h1-24,29-30H/b23-21+,24-22+. The van der Waals surface area contributed by atoms with Gasteiger partial charge in [0.2, 0.25) is 0 Å². The fourth-order valence-corrected chi connectivity index (χ4v) is 5.25. The molecular weight excluding hydrogens is 408 g/mol. The van der Waals surface area contributed by atoms with Gasteiger partial charge in [-0.2, -0.15) is 0 Å². The zero-order chi connectivity index (χ0) is 22.0. The predicted molar refractivity (Wildman–Crippen MR) is 137 cm³/mol. The van der Waals surface area contributed by atoms with Crippen molar-refractivity contribution in [1.29, 1.82) is 0 Å². The fraction of sp³-hybridized carbons (Fsp3) is 0.0667. The molecule has 0 heterocycles. The second-order valence-electron chi connectivity index (χ2n) is 7.53. The van der Waals surface area contributed by atoms with Gasteiger partial charge in [-0.25, -0.2) is 0 Å². The number of benzene rings is 4. The molecule has 0 radical (unpaired) electrons. The second-order valence-corrected chi connectivity index (χ2v) is 9.20. The summed E-state index contributed by atoms with van der Waals surface area (Å²) in [6.45, 7) is 0. The minimum Gasteiger partial charge on any atom is -0.258 e. The van der Waals surface area contributed by atoms with Gasteiger partial charge in [-0.05, 0) is 22.3 Å². The molecule has 1 nitrogen and oxygen atoms in total. The van der Waals surface area contributed by atoms with E-state index >= 15 is 0 Å². The van der Waals surface area contributed by atoms with Crippen molar-refractivity contribution < 1.29 is 4.21 Å². The summed E-state index contributed by atoms with van der Waals surface area (Å²) < 4.78 is 14.1. The lowest BCUT2D eigenvalue weighted by molar-refractivity contribution is 0.675. The summed E-state index contributed by atoms with van der Waals surface area (Å²) in [6.07, 6.45) is 8.29. The third-order valence-electron chi connectivity index (χ3n) is 5.28. The molecule has 0 spiro atoms. The van der Waals surface area contributed by atoms with Gasteiger partial charge in [0.15, 0.2) is 0 Å². The normalized spacial score (nSPS) is 14.4. The van der Waals surface area contributed by atoms with Crippen LogP contribution in [0.25, 0.3) is 12.2 Å². The Labute approximate surface area is 193 Å². The highest BCUT2D eigenvalue weighted by molar-refractivity contribution is 7.85. The van der Waals surface area contributed by atoms with Crippen LogP contribution in [0.3, 0.4) is 0 Å². The van der Waals surface area contributed by atoms with Crippen LogP contribution in [-0.4, -0.2) is 4.21 Å². The molecule has 2 atom stereocenters. The van der Waals surface area contributed by atoms with Gasteiger partial charge in [0.1, 0.15) is 0 Å². The van der Waals surface area contributed by atoms with Crippen LogP contribution in [-0.2, 0) is 10.8 Å². The molecule has 4 rings (SSSR count). The van der Waals surface area contributed by atoms with Crippen molar-refractivity contribution in [1.82, 2.24) is 0 Å². The molecule has 2 unspecified atom stereocenters. The molecule has 0 bridgehead atoms. The van der Waals surface area contributed by atoms with E-state index in [4.69, 9.17) is 0 Å². The molecule has 0 fully saturated rings. The third-order valence-corrected chi connectivity index (χ3v) is 7.14. The minimum absolute atomic E-state index is 0.234. The molecular formula is C30H26OS. The van der Waals surface area contributed by atoms with Gasteiger partial charge < -0.3 is 0 Å². The van der Waals surface area contributed by atoms with Crippen LogP contribution in [0.5, 0.6) is 0 Å². The maximum Gasteiger partial charge on any atom is 0.0790 e. The van der Waals surface area contributed by atoms with E-state index in [2.05, 4.69) is 72.8 Å². The van der Waals surface area contributed by atoms with Crippen molar-refractivity contribution in [3.05, 3.63) is 156 Å². The zero-order valence-electron chi connectivity index (χ0n) is 17.8. The molecule has 0 saturated heterocycles. The van der Waals surface area contributed by atoms with Crippen LogP contribution >= 0.6 is 0 Å². The summed E-state index contributed by atoms with van der Waals surface area (Å²) in [4.78, 5) is 0. The Morgan fingerprint density at radius 2 is 0.781 bits per heavy atom. The van der Waals surface area contributed by atoms with Crippen LogP contribution < -0.4 is 0 Å². The number of rotatable bonds is 8. The Morgan fingerprint density at radius 1 is 0.469 bits per heavy atom. The van der Waals surface area contributed by atoms with E-state index in [-0.39, 0.29) is 10.5 Å². The SMILES string of the molecule is O=S(C(/C=C/c1ccccc1)c1ccccc1)C(/C=C/c1ccccc1)c1ccccc1. The van der Waals surface area contributed by atoms with Crippen LogP contribution in [0, 0.1) is 0 Å². The van der Waals surface area contributed by atoms with E-state index in [0.717, 1.165) is 22.3 Å². The number of hydrogen-bond donors (Lipinski definition) is 0. The first kappa shape index (κ1) is 21.7. The van der Waals surface area contributed by atoms with Crippen molar-refractivity contribution in [3.63, 3.8) is 0 Å². The second kappa shape index (κ2) is 11.2. The van der Waals surface area contributed by atoms with E-state index in [0.29, 0.717) is 0 Å².